The van der Waals surface area contributed by atoms with E-state index in [0.717, 1.165) is 0 Å². The Morgan fingerprint density at radius 2 is 2.10 bits per heavy atom. The SMILES string of the molecule is Nc1oncc1C(F)(F)F. The van der Waals surface area contributed by atoms with Crippen LogP contribution in [0.25, 0.3) is 0 Å². The van der Waals surface area contributed by atoms with Crippen molar-refractivity contribution in [3.05, 3.63) is 11.8 Å². The molecule has 0 aliphatic carbocycles. The van der Waals surface area contributed by atoms with Crippen LogP contribution in [0, 0.1) is 0 Å². The maximum absolute atomic E-state index is 11.7. The Morgan fingerprint density at radius 1 is 1.50 bits per heavy atom. The molecule has 0 spiro atoms. The third kappa shape index (κ3) is 1.04. The zero-order valence-electron chi connectivity index (χ0n) is 4.64. The van der Waals surface area contributed by atoms with Crippen LogP contribution in [0.5, 0.6) is 0 Å². The molecule has 1 heterocycles. The highest BCUT2D eigenvalue weighted by Gasteiger charge is 2.35. The summed E-state index contributed by atoms with van der Waals surface area (Å²) in [5.41, 5.74) is 3.74. The van der Waals surface area contributed by atoms with E-state index in [1.807, 2.05) is 0 Å². The zero-order chi connectivity index (χ0) is 7.78. The third-order valence-electron chi connectivity index (χ3n) is 0.904. The highest BCUT2D eigenvalue weighted by atomic mass is 19.4. The summed E-state index contributed by atoms with van der Waals surface area (Å²) in [6.07, 6.45) is -3.93. The number of nitrogens with two attached hydrogens (primary N) is 1. The summed E-state index contributed by atoms with van der Waals surface area (Å²) >= 11 is 0. The Kier molecular flexibility index (Phi) is 1.31. The minimum atomic E-state index is -4.47. The summed E-state index contributed by atoms with van der Waals surface area (Å²) in [6.45, 7) is 0. The monoisotopic (exact) mass is 152 g/mol. The van der Waals surface area contributed by atoms with Crippen LogP contribution in [0.1, 0.15) is 5.56 Å². The van der Waals surface area contributed by atoms with Crippen LogP contribution < -0.4 is 5.73 Å². The largest absolute Gasteiger partial charge is 0.423 e. The number of nitrogens with zero attached hydrogens (tertiary/aromatic N) is 1. The van der Waals surface area contributed by atoms with Crippen molar-refractivity contribution in [1.82, 2.24) is 5.16 Å². The molecule has 0 aliphatic heterocycles. The van der Waals surface area contributed by atoms with Gasteiger partial charge < -0.3 is 10.3 Å². The fourth-order valence-electron chi connectivity index (χ4n) is 0.462. The number of hydrogen-bond acceptors (Lipinski definition) is 3. The molecule has 0 fully saturated rings. The molecule has 0 aliphatic rings. The maximum atomic E-state index is 11.7. The Labute approximate surface area is 53.6 Å². The fourth-order valence-corrected chi connectivity index (χ4v) is 0.462. The Bertz CT molecular complexity index is 229. The molecule has 6 heteroatoms. The molecule has 0 atom stereocenters. The molecule has 0 saturated carbocycles. The van der Waals surface area contributed by atoms with E-state index in [-0.39, 0.29) is 0 Å². The summed E-state index contributed by atoms with van der Waals surface area (Å²) < 4.78 is 39.1. The topological polar surface area (TPSA) is 52.0 Å². The van der Waals surface area contributed by atoms with Crippen LogP contribution >= 0.6 is 0 Å². The van der Waals surface area contributed by atoms with Crippen molar-refractivity contribution >= 4 is 5.88 Å². The van der Waals surface area contributed by atoms with Crippen molar-refractivity contribution in [2.45, 2.75) is 6.18 Å². The average Bonchev–Trinajstić information content (AvgIpc) is 2.11. The molecule has 0 radical (unpaired) electrons. The molecule has 0 aromatic carbocycles. The van der Waals surface area contributed by atoms with Gasteiger partial charge in [-0.05, 0) is 0 Å². The minimum Gasteiger partial charge on any atom is -0.367 e. The predicted molar refractivity (Wildman–Crippen MR) is 25.9 cm³/mol. The number of nitrogen functional groups attached to an aromatic ring is 1. The van der Waals surface area contributed by atoms with Gasteiger partial charge in [0.15, 0.2) is 0 Å². The number of anilines is 1. The molecule has 56 valence electrons. The number of alkyl halides is 3. The summed E-state index contributed by atoms with van der Waals surface area (Å²) in [5.74, 6) is -0.701. The van der Waals surface area contributed by atoms with Gasteiger partial charge in [-0.15, -0.1) is 0 Å². The second-order valence-corrected chi connectivity index (χ2v) is 1.60. The van der Waals surface area contributed by atoms with Crippen LogP contribution in [0.15, 0.2) is 10.7 Å². The molecule has 0 amide bonds. The molecule has 1 aromatic rings. The molecule has 0 bridgehead atoms. The van der Waals surface area contributed by atoms with Gasteiger partial charge in [-0.1, -0.05) is 5.16 Å². The van der Waals surface area contributed by atoms with E-state index in [9.17, 15) is 13.2 Å². The van der Waals surface area contributed by atoms with E-state index in [4.69, 9.17) is 5.73 Å². The van der Waals surface area contributed by atoms with Crippen LogP contribution in [0.3, 0.4) is 0 Å². The quantitative estimate of drug-likeness (QED) is 0.609. The smallest absolute Gasteiger partial charge is 0.367 e. The number of hydrogen-bond donors (Lipinski definition) is 1. The maximum Gasteiger partial charge on any atom is 0.423 e. The second-order valence-electron chi connectivity index (χ2n) is 1.60. The number of aromatic nitrogens is 1. The Morgan fingerprint density at radius 3 is 2.30 bits per heavy atom. The van der Waals surface area contributed by atoms with Crippen molar-refractivity contribution in [1.29, 1.82) is 0 Å². The lowest BCUT2D eigenvalue weighted by Crippen LogP contribution is -2.05. The van der Waals surface area contributed by atoms with Crippen molar-refractivity contribution < 1.29 is 17.7 Å². The van der Waals surface area contributed by atoms with Gasteiger partial charge in [0.2, 0.25) is 5.88 Å². The van der Waals surface area contributed by atoms with Gasteiger partial charge in [0.05, 0.1) is 6.20 Å². The summed E-state index contributed by atoms with van der Waals surface area (Å²) in [7, 11) is 0. The molecule has 0 saturated heterocycles. The van der Waals surface area contributed by atoms with Gasteiger partial charge in [0.1, 0.15) is 5.56 Å². The minimum absolute atomic E-state index is 0.537. The Hall–Kier alpha value is -1.20. The van der Waals surface area contributed by atoms with Gasteiger partial charge in [0.25, 0.3) is 0 Å². The summed E-state index contributed by atoms with van der Waals surface area (Å²) in [4.78, 5) is 0. The number of halogens is 3. The first-order chi connectivity index (χ1) is 4.52. The van der Waals surface area contributed by atoms with Crippen LogP contribution in [0.2, 0.25) is 0 Å². The molecule has 2 N–H and O–H groups in total. The van der Waals surface area contributed by atoms with Gasteiger partial charge >= 0.3 is 6.18 Å². The lowest BCUT2D eigenvalue weighted by Gasteiger charge is -2.00. The van der Waals surface area contributed by atoms with Crippen molar-refractivity contribution in [2.75, 3.05) is 5.73 Å². The van der Waals surface area contributed by atoms with E-state index in [1.54, 1.807) is 0 Å². The zero-order valence-corrected chi connectivity index (χ0v) is 4.64. The average molecular weight is 152 g/mol. The molecule has 0 unspecified atom stereocenters. The lowest BCUT2D eigenvalue weighted by molar-refractivity contribution is -0.137. The van der Waals surface area contributed by atoms with Crippen molar-refractivity contribution in [2.24, 2.45) is 0 Å². The van der Waals surface area contributed by atoms with Crippen molar-refractivity contribution in [3.63, 3.8) is 0 Å². The van der Waals surface area contributed by atoms with E-state index in [1.165, 1.54) is 0 Å². The highest BCUT2D eigenvalue weighted by Crippen LogP contribution is 2.32. The van der Waals surface area contributed by atoms with Crippen LogP contribution in [-0.4, -0.2) is 5.16 Å². The molecular weight excluding hydrogens is 149 g/mol. The van der Waals surface area contributed by atoms with Crippen LogP contribution in [0.4, 0.5) is 19.1 Å². The van der Waals surface area contributed by atoms with Crippen molar-refractivity contribution in [3.8, 4) is 0 Å². The number of rotatable bonds is 0. The van der Waals surface area contributed by atoms with Crippen LogP contribution in [-0.2, 0) is 6.18 Å². The van der Waals surface area contributed by atoms with Gasteiger partial charge in [-0.2, -0.15) is 13.2 Å². The first-order valence-corrected chi connectivity index (χ1v) is 2.29. The molecule has 1 aromatic heterocycles. The summed E-state index contributed by atoms with van der Waals surface area (Å²) in [5, 5.41) is 2.87. The van der Waals surface area contributed by atoms with Gasteiger partial charge in [-0.3, -0.25) is 0 Å². The first-order valence-electron chi connectivity index (χ1n) is 2.29. The molecule has 1 rings (SSSR count). The van der Waals surface area contributed by atoms with E-state index in [2.05, 4.69) is 9.68 Å². The fraction of sp³-hybridized carbons (Fsp3) is 0.250. The first kappa shape index (κ1) is 6.91. The van der Waals surface area contributed by atoms with Gasteiger partial charge in [0, 0.05) is 0 Å². The second kappa shape index (κ2) is 1.89. The highest BCUT2D eigenvalue weighted by molar-refractivity contribution is 5.35. The molecular formula is C4H3F3N2O. The van der Waals surface area contributed by atoms with Gasteiger partial charge in [-0.25, -0.2) is 0 Å². The van der Waals surface area contributed by atoms with E-state index < -0.39 is 17.6 Å². The predicted octanol–water partition coefficient (Wildman–Crippen LogP) is 1.28. The molecule has 10 heavy (non-hydrogen) atoms. The normalized spacial score (nSPS) is 11.9. The third-order valence-corrected chi connectivity index (χ3v) is 0.904. The lowest BCUT2D eigenvalue weighted by atomic mass is 10.3. The Balaban J connectivity index is 3.05. The molecule has 3 nitrogen and oxygen atoms in total. The van der Waals surface area contributed by atoms with E-state index >= 15 is 0 Å². The summed E-state index contributed by atoms with van der Waals surface area (Å²) in [6, 6.07) is 0. The standard InChI is InChI=1S/C4H3F3N2O/c5-4(6,7)2-1-9-10-3(2)8/h1H,8H2. The van der Waals surface area contributed by atoms with E-state index in [0.29, 0.717) is 6.20 Å².